The van der Waals surface area contributed by atoms with E-state index in [2.05, 4.69) is 0 Å². The van der Waals surface area contributed by atoms with Crippen LogP contribution in [0.25, 0.3) is 0 Å². The Morgan fingerprint density at radius 1 is 1.00 bits per heavy atom. The Kier molecular flexibility index (Phi) is 7.33. The molecule has 0 aliphatic heterocycles. The van der Waals surface area contributed by atoms with Crippen LogP contribution in [-0.2, 0) is 9.53 Å². The van der Waals surface area contributed by atoms with E-state index in [4.69, 9.17) is 42.1 Å². The number of carbonyl (C=O) groups excluding carboxylic acids is 2. The van der Waals surface area contributed by atoms with Crippen molar-refractivity contribution in [2.45, 2.75) is 13.0 Å². The van der Waals surface area contributed by atoms with Crippen LogP contribution in [-0.4, -0.2) is 38.7 Å². The second kappa shape index (κ2) is 9.48. The molecule has 0 fully saturated rings. The minimum Gasteiger partial charge on any atom is -0.497 e. The second-order valence-corrected chi connectivity index (χ2v) is 6.28. The van der Waals surface area contributed by atoms with Gasteiger partial charge >= 0.3 is 5.97 Å². The lowest BCUT2D eigenvalue weighted by Gasteiger charge is -2.15. The quantitative estimate of drug-likeness (QED) is 0.477. The van der Waals surface area contributed by atoms with Crippen LogP contribution >= 0.6 is 23.2 Å². The SMILES string of the molecule is COc1ccc(OC)c(C(=O)COC(=O)C(C)Oc2ccc(Cl)cc2Cl)c1. The van der Waals surface area contributed by atoms with Crippen molar-refractivity contribution in [1.82, 2.24) is 0 Å². The molecule has 0 aliphatic rings. The number of methoxy groups -OCH3 is 2. The van der Waals surface area contributed by atoms with Gasteiger partial charge in [-0.2, -0.15) is 0 Å². The molecular weight excluding hydrogens is 395 g/mol. The summed E-state index contributed by atoms with van der Waals surface area (Å²) < 4.78 is 20.8. The smallest absolute Gasteiger partial charge is 0.347 e. The molecule has 0 amide bonds. The normalized spacial score (nSPS) is 11.4. The highest BCUT2D eigenvalue weighted by atomic mass is 35.5. The monoisotopic (exact) mass is 412 g/mol. The molecule has 2 aromatic carbocycles. The zero-order valence-corrected chi connectivity index (χ0v) is 16.5. The highest BCUT2D eigenvalue weighted by Gasteiger charge is 2.21. The number of hydrogen-bond donors (Lipinski definition) is 0. The van der Waals surface area contributed by atoms with Gasteiger partial charge in [0.15, 0.2) is 12.7 Å². The summed E-state index contributed by atoms with van der Waals surface area (Å²) in [5.74, 6) is -0.0213. The number of benzene rings is 2. The van der Waals surface area contributed by atoms with Gasteiger partial charge in [0, 0.05) is 5.02 Å². The summed E-state index contributed by atoms with van der Waals surface area (Å²) in [6, 6.07) is 9.40. The topological polar surface area (TPSA) is 71.1 Å². The van der Waals surface area contributed by atoms with Crippen LogP contribution in [0, 0.1) is 0 Å². The molecule has 1 atom stereocenters. The van der Waals surface area contributed by atoms with Crippen molar-refractivity contribution in [2.75, 3.05) is 20.8 Å². The maximum Gasteiger partial charge on any atom is 0.347 e. The van der Waals surface area contributed by atoms with Crippen molar-refractivity contribution in [3.05, 3.63) is 52.0 Å². The standard InChI is InChI=1S/C19H18Cl2O6/c1-11(27-18-6-4-12(20)8-15(18)21)19(23)26-10-16(22)14-9-13(24-2)5-7-17(14)25-3/h4-9,11H,10H2,1-3H3. The van der Waals surface area contributed by atoms with Crippen LogP contribution in [0.4, 0.5) is 0 Å². The van der Waals surface area contributed by atoms with Gasteiger partial charge in [0.25, 0.3) is 0 Å². The fourth-order valence-corrected chi connectivity index (χ4v) is 2.63. The van der Waals surface area contributed by atoms with Crippen LogP contribution in [0.5, 0.6) is 17.2 Å². The highest BCUT2D eigenvalue weighted by Crippen LogP contribution is 2.28. The number of Topliss-reactive ketones (excluding diaryl/α,β-unsaturated/α-hetero) is 1. The predicted octanol–water partition coefficient (Wildman–Crippen LogP) is 4.20. The molecule has 0 saturated carbocycles. The van der Waals surface area contributed by atoms with Crippen molar-refractivity contribution in [2.24, 2.45) is 0 Å². The van der Waals surface area contributed by atoms with Crippen molar-refractivity contribution in [1.29, 1.82) is 0 Å². The Balaban J connectivity index is 1.99. The maximum absolute atomic E-state index is 12.4. The maximum atomic E-state index is 12.4. The summed E-state index contributed by atoms with van der Waals surface area (Å²) >= 11 is 11.8. The van der Waals surface area contributed by atoms with E-state index in [1.807, 2.05) is 0 Å². The first-order chi connectivity index (χ1) is 12.8. The summed E-state index contributed by atoms with van der Waals surface area (Å²) in [5.41, 5.74) is 0.249. The largest absolute Gasteiger partial charge is 0.497 e. The van der Waals surface area contributed by atoms with Gasteiger partial charge in [0.2, 0.25) is 5.78 Å². The number of hydrogen-bond acceptors (Lipinski definition) is 6. The van der Waals surface area contributed by atoms with E-state index in [1.165, 1.54) is 33.3 Å². The Morgan fingerprint density at radius 3 is 2.33 bits per heavy atom. The summed E-state index contributed by atoms with van der Waals surface area (Å²) in [4.78, 5) is 24.5. The minimum atomic E-state index is -0.969. The van der Waals surface area contributed by atoms with E-state index < -0.39 is 24.5 Å². The predicted molar refractivity (Wildman–Crippen MR) is 101 cm³/mol. The molecule has 0 saturated heterocycles. The third-order valence-electron chi connectivity index (χ3n) is 3.58. The lowest BCUT2D eigenvalue weighted by Crippen LogP contribution is -2.28. The molecule has 0 radical (unpaired) electrons. The average molecular weight is 413 g/mol. The summed E-state index contributed by atoms with van der Waals surface area (Å²) in [6.45, 7) is 1.02. The third-order valence-corrected chi connectivity index (χ3v) is 4.11. The molecule has 2 rings (SSSR count). The molecule has 0 aliphatic carbocycles. The first kappa shape index (κ1) is 20.9. The third kappa shape index (κ3) is 5.52. The van der Waals surface area contributed by atoms with Crippen LogP contribution < -0.4 is 14.2 Å². The fourth-order valence-electron chi connectivity index (χ4n) is 2.17. The van der Waals surface area contributed by atoms with Gasteiger partial charge in [-0.3, -0.25) is 4.79 Å². The highest BCUT2D eigenvalue weighted by molar-refractivity contribution is 6.35. The molecule has 0 heterocycles. The molecular formula is C19H18Cl2O6. The van der Waals surface area contributed by atoms with Gasteiger partial charge in [0.1, 0.15) is 17.2 Å². The van der Waals surface area contributed by atoms with Crippen LogP contribution in [0.15, 0.2) is 36.4 Å². The van der Waals surface area contributed by atoms with Crippen molar-refractivity contribution in [3.63, 3.8) is 0 Å². The number of esters is 1. The number of ether oxygens (including phenoxy) is 4. The fraction of sp³-hybridized carbons (Fsp3) is 0.263. The van der Waals surface area contributed by atoms with Crippen molar-refractivity contribution < 1.29 is 28.5 Å². The van der Waals surface area contributed by atoms with Gasteiger partial charge in [-0.15, -0.1) is 0 Å². The molecule has 0 aromatic heterocycles. The van der Waals surface area contributed by atoms with E-state index >= 15 is 0 Å². The molecule has 27 heavy (non-hydrogen) atoms. The molecule has 144 valence electrons. The number of halogens is 2. The molecule has 8 heteroatoms. The summed E-state index contributed by atoms with van der Waals surface area (Å²) in [7, 11) is 2.92. The molecule has 0 N–H and O–H groups in total. The number of rotatable bonds is 8. The first-order valence-electron chi connectivity index (χ1n) is 7.89. The molecule has 2 aromatic rings. The van der Waals surface area contributed by atoms with Crippen molar-refractivity contribution in [3.8, 4) is 17.2 Å². The van der Waals surface area contributed by atoms with Gasteiger partial charge in [-0.1, -0.05) is 23.2 Å². The van der Waals surface area contributed by atoms with E-state index in [0.29, 0.717) is 16.5 Å². The Labute approximate surface area is 166 Å². The molecule has 6 nitrogen and oxygen atoms in total. The van der Waals surface area contributed by atoms with Crippen LogP contribution in [0.3, 0.4) is 0 Å². The van der Waals surface area contributed by atoms with E-state index in [0.717, 1.165) is 0 Å². The van der Waals surface area contributed by atoms with Crippen LogP contribution in [0.2, 0.25) is 10.0 Å². The summed E-state index contributed by atoms with van der Waals surface area (Å²) in [6.07, 6.45) is -0.969. The minimum absolute atomic E-state index is 0.249. The molecule has 0 spiro atoms. The lowest BCUT2D eigenvalue weighted by atomic mass is 10.1. The van der Waals surface area contributed by atoms with Gasteiger partial charge < -0.3 is 18.9 Å². The Hall–Kier alpha value is -2.44. The van der Waals surface area contributed by atoms with Gasteiger partial charge in [-0.25, -0.2) is 4.79 Å². The van der Waals surface area contributed by atoms with E-state index in [-0.39, 0.29) is 16.3 Å². The van der Waals surface area contributed by atoms with Crippen LogP contribution in [0.1, 0.15) is 17.3 Å². The zero-order valence-electron chi connectivity index (χ0n) is 15.0. The van der Waals surface area contributed by atoms with Crippen molar-refractivity contribution >= 4 is 35.0 Å². The second-order valence-electron chi connectivity index (χ2n) is 5.43. The summed E-state index contributed by atoms with van der Waals surface area (Å²) in [5, 5.41) is 0.708. The number of carbonyl (C=O) groups is 2. The van der Waals surface area contributed by atoms with Gasteiger partial charge in [0.05, 0.1) is 24.8 Å². The first-order valence-corrected chi connectivity index (χ1v) is 8.65. The molecule has 1 unspecified atom stereocenters. The Morgan fingerprint density at radius 2 is 1.70 bits per heavy atom. The van der Waals surface area contributed by atoms with E-state index in [9.17, 15) is 9.59 Å². The van der Waals surface area contributed by atoms with Gasteiger partial charge in [-0.05, 0) is 43.3 Å². The van der Waals surface area contributed by atoms with E-state index in [1.54, 1.807) is 24.3 Å². The molecule has 0 bridgehead atoms. The lowest BCUT2D eigenvalue weighted by molar-refractivity contribution is -0.149. The number of ketones is 1. The average Bonchev–Trinajstić information content (AvgIpc) is 2.67. The zero-order chi connectivity index (χ0) is 20.0. The Bertz CT molecular complexity index is 837.